The number of oxazole rings is 1. The molecule has 0 aliphatic rings. The molecule has 0 unspecified atom stereocenters. The molecule has 0 atom stereocenters. The summed E-state index contributed by atoms with van der Waals surface area (Å²) in [4.78, 5) is 4.13. The van der Waals surface area contributed by atoms with E-state index in [0.717, 1.165) is 17.1 Å². The van der Waals surface area contributed by atoms with E-state index in [1.165, 1.54) is 0 Å². The third kappa shape index (κ3) is 3.87. The zero-order valence-corrected chi connectivity index (χ0v) is 10.8. The summed E-state index contributed by atoms with van der Waals surface area (Å²) in [5.41, 5.74) is 1.06. The molecule has 0 aliphatic heterocycles. The average molecular weight is 256 g/mol. The number of hydrogen-bond donors (Lipinski definition) is 1. The van der Waals surface area contributed by atoms with E-state index >= 15 is 0 Å². The minimum absolute atomic E-state index is 0.274. The lowest BCUT2D eigenvalue weighted by atomic mass is 10.2. The van der Waals surface area contributed by atoms with Crippen LogP contribution in [0.3, 0.4) is 0 Å². The van der Waals surface area contributed by atoms with E-state index in [1.807, 2.05) is 31.2 Å². The monoisotopic (exact) mass is 256 g/mol. The van der Waals surface area contributed by atoms with Gasteiger partial charge in [-0.05, 0) is 13.0 Å². The molecule has 1 heterocycles. The van der Waals surface area contributed by atoms with Crippen molar-refractivity contribution in [2.75, 3.05) is 6.61 Å². The van der Waals surface area contributed by atoms with Crippen LogP contribution in [0.4, 0.5) is 0 Å². The van der Waals surface area contributed by atoms with Crippen molar-refractivity contribution in [2.24, 2.45) is 0 Å². The molecule has 19 heavy (non-hydrogen) atoms. The van der Waals surface area contributed by atoms with Gasteiger partial charge in [0.1, 0.15) is 18.1 Å². The summed E-state index contributed by atoms with van der Waals surface area (Å²) in [6, 6.07) is 7.80. The number of terminal acetylenes is 1. The van der Waals surface area contributed by atoms with E-state index in [-0.39, 0.29) is 6.61 Å². The van der Waals surface area contributed by atoms with Crippen molar-refractivity contribution < 1.29 is 9.15 Å². The number of nitrogens with one attached hydrogen (secondary N) is 1. The number of aryl methyl sites for hydroxylation is 1. The van der Waals surface area contributed by atoms with Crippen LogP contribution in [0.2, 0.25) is 0 Å². The molecule has 4 nitrogen and oxygen atoms in total. The first-order chi connectivity index (χ1) is 9.29. The molecule has 2 aromatic rings. The van der Waals surface area contributed by atoms with Gasteiger partial charge < -0.3 is 14.5 Å². The van der Waals surface area contributed by atoms with Gasteiger partial charge in [-0.15, -0.1) is 6.42 Å². The van der Waals surface area contributed by atoms with Crippen molar-refractivity contribution in [1.29, 1.82) is 0 Å². The van der Waals surface area contributed by atoms with Crippen LogP contribution < -0.4 is 10.1 Å². The number of nitrogens with zero attached hydrogens (tertiary/aromatic N) is 1. The van der Waals surface area contributed by atoms with Crippen LogP contribution in [0.1, 0.15) is 17.2 Å². The number of rotatable bonds is 6. The third-order valence-electron chi connectivity index (χ3n) is 2.54. The van der Waals surface area contributed by atoms with Crippen molar-refractivity contribution in [3.8, 4) is 18.1 Å². The molecule has 2 rings (SSSR count). The summed E-state index contributed by atoms with van der Waals surface area (Å²) < 4.78 is 10.9. The molecular formula is C15H16N2O2. The number of benzene rings is 1. The first-order valence-electron chi connectivity index (χ1n) is 6.06. The van der Waals surface area contributed by atoms with Gasteiger partial charge in [-0.3, -0.25) is 0 Å². The standard InChI is InChI=1S/C15H16N2O2/c1-3-8-18-14-7-5-4-6-13(14)10-16-11-15-17-9-12(2)19-15/h1,4-7,9,16H,8,10-11H2,2H3. The molecule has 98 valence electrons. The number of para-hydroxylation sites is 1. The second-order valence-corrected chi connectivity index (χ2v) is 4.07. The molecule has 0 saturated carbocycles. The Morgan fingerprint density at radius 1 is 1.37 bits per heavy atom. The van der Waals surface area contributed by atoms with E-state index in [0.29, 0.717) is 19.0 Å². The van der Waals surface area contributed by atoms with E-state index in [2.05, 4.69) is 16.2 Å². The van der Waals surface area contributed by atoms with Gasteiger partial charge in [0.2, 0.25) is 5.89 Å². The highest BCUT2D eigenvalue weighted by molar-refractivity contribution is 5.33. The van der Waals surface area contributed by atoms with Gasteiger partial charge in [-0.2, -0.15) is 0 Å². The van der Waals surface area contributed by atoms with Gasteiger partial charge in [0, 0.05) is 12.1 Å². The fourth-order valence-electron chi connectivity index (χ4n) is 1.70. The number of ether oxygens (including phenoxy) is 1. The van der Waals surface area contributed by atoms with E-state index in [4.69, 9.17) is 15.6 Å². The molecule has 0 spiro atoms. The van der Waals surface area contributed by atoms with Crippen LogP contribution in [0.5, 0.6) is 5.75 Å². The second kappa shape index (κ2) is 6.62. The molecule has 1 N–H and O–H groups in total. The Balaban J connectivity index is 1.90. The summed E-state index contributed by atoms with van der Waals surface area (Å²) in [7, 11) is 0. The maximum atomic E-state index is 5.48. The lowest BCUT2D eigenvalue weighted by Gasteiger charge is -2.09. The van der Waals surface area contributed by atoms with Crippen LogP contribution >= 0.6 is 0 Å². The summed E-state index contributed by atoms with van der Waals surface area (Å²) >= 11 is 0. The molecule has 1 aromatic heterocycles. The van der Waals surface area contributed by atoms with Crippen molar-refractivity contribution in [3.63, 3.8) is 0 Å². The predicted molar refractivity (Wildman–Crippen MR) is 72.6 cm³/mol. The molecule has 0 radical (unpaired) electrons. The van der Waals surface area contributed by atoms with E-state index in [9.17, 15) is 0 Å². The van der Waals surface area contributed by atoms with Crippen molar-refractivity contribution >= 4 is 0 Å². The third-order valence-corrected chi connectivity index (χ3v) is 2.54. The Morgan fingerprint density at radius 2 is 2.21 bits per heavy atom. The SMILES string of the molecule is C#CCOc1ccccc1CNCc1ncc(C)o1. The molecule has 0 amide bonds. The zero-order valence-electron chi connectivity index (χ0n) is 10.8. The maximum Gasteiger partial charge on any atom is 0.208 e. The summed E-state index contributed by atoms with van der Waals surface area (Å²) in [6.45, 7) is 3.40. The zero-order chi connectivity index (χ0) is 13.5. The Morgan fingerprint density at radius 3 is 2.95 bits per heavy atom. The number of aromatic nitrogens is 1. The summed E-state index contributed by atoms with van der Waals surface area (Å²) in [6.07, 6.45) is 6.90. The largest absolute Gasteiger partial charge is 0.481 e. The lowest BCUT2D eigenvalue weighted by molar-refractivity contribution is 0.364. The van der Waals surface area contributed by atoms with E-state index in [1.54, 1.807) is 6.20 Å². The smallest absolute Gasteiger partial charge is 0.208 e. The van der Waals surface area contributed by atoms with Gasteiger partial charge in [-0.25, -0.2) is 4.98 Å². The normalized spacial score (nSPS) is 10.1. The minimum Gasteiger partial charge on any atom is -0.481 e. The Bertz CT molecular complexity index is 570. The van der Waals surface area contributed by atoms with Gasteiger partial charge in [0.05, 0.1) is 12.7 Å². The Kier molecular flexibility index (Phi) is 4.60. The Labute approximate surface area is 112 Å². The van der Waals surface area contributed by atoms with Crippen LogP contribution in [0, 0.1) is 19.3 Å². The van der Waals surface area contributed by atoms with Gasteiger partial charge in [-0.1, -0.05) is 24.1 Å². The first-order valence-corrected chi connectivity index (χ1v) is 6.06. The van der Waals surface area contributed by atoms with Crippen LogP contribution in [0.15, 0.2) is 34.9 Å². The molecule has 0 fully saturated rings. The fourth-order valence-corrected chi connectivity index (χ4v) is 1.70. The highest BCUT2D eigenvalue weighted by atomic mass is 16.5. The summed E-state index contributed by atoms with van der Waals surface area (Å²) in [5, 5.41) is 3.26. The minimum atomic E-state index is 0.274. The van der Waals surface area contributed by atoms with Crippen molar-refractivity contribution in [3.05, 3.63) is 47.7 Å². The molecule has 4 heteroatoms. The van der Waals surface area contributed by atoms with Gasteiger partial charge in [0.25, 0.3) is 0 Å². The highest BCUT2D eigenvalue weighted by Gasteiger charge is 2.04. The molecule has 0 saturated heterocycles. The van der Waals surface area contributed by atoms with E-state index < -0.39 is 0 Å². The first kappa shape index (κ1) is 13.2. The van der Waals surface area contributed by atoms with Crippen LogP contribution in [-0.4, -0.2) is 11.6 Å². The lowest BCUT2D eigenvalue weighted by Crippen LogP contribution is -2.13. The predicted octanol–water partition coefficient (Wildman–Crippen LogP) is 2.28. The Hall–Kier alpha value is -2.25. The van der Waals surface area contributed by atoms with Gasteiger partial charge in [0.15, 0.2) is 0 Å². The van der Waals surface area contributed by atoms with Crippen molar-refractivity contribution in [2.45, 2.75) is 20.0 Å². The molecule has 0 bridgehead atoms. The highest BCUT2D eigenvalue weighted by Crippen LogP contribution is 2.17. The fraction of sp³-hybridized carbons (Fsp3) is 0.267. The van der Waals surface area contributed by atoms with Crippen LogP contribution in [-0.2, 0) is 13.1 Å². The van der Waals surface area contributed by atoms with Crippen molar-refractivity contribution in [1.82, 2.24) is 10.3 Å². The molecular weight excluding hydrogens is 240 g/mol. The second-order valence-electron chi connectivity index (χ2n) is 4.07. The maximum absolute atomic E-state index is 5.48. The average Bonchev–Trinajstić information content (AvgIpc) is 2.83. The quantitative estimate of drug-likeness (QED) is 0.805. The summed E-state index contributed by atoms with van der Waals surface area (Å²) in [5.74, 6) is 4.76. The van der Waals surface area contributed by atoms with Crippen LogP contribution in [0.25, 0.3) is 0 Å². The molecule has 0 aliphatic carbocycles. The van der Waals surface area contributed by atoms with Gasteiger partial charge >= 0.3 is 0 Å². The topological polar surface area (TPSA) is 47.3 Å². The molecule has 1 aromatic carbocycles. The number of hydrogen-bond acceptors (Lipinski definition) is 4.